The molecule has 0 saturated carbocycles. The van der Waals surface area contributed by atoms with Crippen LogP contribution in [-0.2, 0) is 4.74 Å². The molecule has 0 heterocycles. The maximum atomic E-state index is 11.8. The molecule has 2 aromatic rings. The van der Waals surface area contributed by atoms with E-state index in [0.29, 0.717) is 28.0 Å². The first-order valence-corrected chi connectivity index (χ1v) is 8.80. The molecule has 0 fully saturated rings. The summed E-state index contributed by atoms with van der Waals surface area (Å²) in [5.74, 6) is -0.437. The SMILES string of the molecule is CCOC(=O)c1ccc(NC(=S)NC(C)c2ccc(C)cc2)cc1Cl. The number of rotatable bonds is 5. The number of carbonyl (C=O) groups is 1. The van der Waals surface area contributed by atoms with Gasteiger partial charge in [0.2, 0.25) is 0 Å². The lowest BCUT2D eigenvalue weighted by atomic mass is 10.1. The maximum Gasteiger partial charge on any atom is 0.339 e. The predicted molar refractivity (Wildman–Crippen MR) is 106 cm³/mol. The molecule has 0 radical (unpaired) electrons. The normalized spacial score (nSPS) is 11.5. The number of ether oxygens (including phenoxy) is 1. The molecule has 0 bridgehead atoms. The van der Waals surface area contributed by atoms with E-state index < -0.39 is 5.97 Å². The fourth-order valence-corrected chi connectivity index (χ4v) is 2.82. The lowest BCUT2D eigenvalue weighted by Crippen LogP contribution is -2.30. The van der Waals surface area contributed by atoms with Crippen molar-refractivity contribution in [3.8, 4) is 0 Å². The standard InChI is InChI=1S/C19H21ClN2O2S/c1-4-24-18(23)16-10-9-15(11-17(16)20)22-19(25)21-13(3)14-7-5-12(2)6-8-14/h5-11,13H,4H2,1-3H3,(H2,21,22,25). The van der Waals surface area contributed by atoms with Gasteiger partial charge in [-0.1, -0.05) is 41.4 Å². The van der Waals surface area contributed by atoms with Crippen molar-refractivity contribution in [1.29, 1.82) is 0 Å². The second-order valence-electron chi connectivity index (χ2n) is 5.65. The molecule has 6 heteroatoms. The number of nitrogens with one attached hydrogen (secondary N) is 2. The molecule has 2 rings (SSSR count). The van der Waals surface area contributed by atoms with Crippen LogP contribution in [-0.4, -0.2) is 17.7 Å². The summed E-state index contributed by atoms with van der Waals surface area (Å²) < 4.78 is 4.96. The van der Waals surface area contributed by atoms with Gasteiger partial charge in [0.25, 0.3) is 0 Å². The molecule has 0 amide bonds. The zero-order chi connectivity index (χ0) is 18.4. The Morgan fingerprint density at radius 3 is 2.52 bits per heavy atom. The van der Waals surface area contributed by atoms with Crippen molar-refractivity contribution in [2.75, 3.05) is 11.9 Å². The summed E-state index contributed by atoms with van der Waals surface area (Å²) in [5.41, 5.74) is 3.39. The summed E-state index contributed by atoms with van der Waals surface area (Å²) in [6.07, 6.45) is 0. The molecule has 0 aliphatic carbocycles. The third-order valence-electron chi connectivity index (χ3n) is 3.65. The summed E-state index contributed by atoms with van der Waals surface area (Å²) in [6.45, 7) is 6.15. The highest BCUT2D eigenvalue weighted by Gasteiger charge is 2.13. The Labute approximate surface area is 158 Å². The Balaban J connectivity index is 1.99. The summed E-state index contributed by atoms with van der Waals surface area (Å²) in [5, 5.41) is 7.10. The summed E-state index contributed by atoms with van der Waals surface area (Å²) in [6, 6.07) is 13.3. The van der Waals surface area contributed by atoms with Crippen LogP contribution < -0.4 is 10.6 Å². The van der Waals surface area contributed by atoms with E-state index in [-0.39, 0.29) is 6.04 Å². The monoisotopic (exact) mass is 376 g/mol. The molecule has 2 aromatic carbocycles. The van der Waals surface area contributed by atoms with Crippen LogP contribution in [0.2, 0.25) is 5.02 Å². The molecule has 2 N–H and O–H groups in total. The fourth-order valence-electron chi connectivity index (χ4n) is 2.27. The first-order valence-electron chi connectivity index (χ1n) is 8.01. The minimum Gasteiger partial charge on any atom is -0.462 e. The quantitative estimate of drug-likeness (QED) is 0.575. The zero-order valence-electron chi connectivity index (χ0n) is 14.4. The molecule has 1 atom stereocenters. The molecule has 0 aliphatic rings. The highest BCUT2D eigenvalue weighted by atomic mass is 35.5. The van der Waals surface area contributed by atoms with E-state index in [2.05, 4.69) is 41.8 Å². The highest BCUT2D eigenvalue weighted by Crippen LogP contribution is 2.22. The van der Waals surface area contributed by atoms with Gasteiger partial charge in [0.05, 0.1) is 23.2 Å². The van der Waals surface area contributed by atoms with E-state index in [9.17, 15) is 4.79 Å². The van der Waals surface area contributed by atoms with Gasteiger partial charge in [-0.2, -0.15) is 0 Å². The molecular weight excluding hydrogens is 356 g/mol. The average molecular weight is 377 g/mol. The Morgan fingerprint density at radius 2 is 1.92 bits per heavy atom. The molecule has 4 nitrogen and oxygen atoms in total. The van der Waals surface area contributed by atoms with Crippen molar-refractivity contribution in [2.45, 2.75) is 26.8 Å². The number of hydrogen-bond acceptors (Lipinski definition) is 3. The van der Waals surface area contributed by atoms with Gasteiger partial charge in [-0.15, -0.1) is 0 Å². The largest absolute Gasteiger partial charge is 0.462 e. The van der Waals surface area contributed by atoms with E-state index in [1.54, 1.807) is 25.1 Å². The third kappa shape index (κ3) is 5.44. The van der Waals surface area contributed by atoms with Crippen molar-refractivity contribution in [3.05, 3.63) is 64.2 Å². The molecular formula is C19H21ClN2O2S. The Kier molecular flexibility index (Phi) is 6.79. The van der Waals surface area contributed by atoms with Crippen LogP contribution in [0.5, 0.6) is 0 Å². The number of esters is 1. The van der Waals surface area contributed by atoms with Gasteiger partial charge < -0.3 is 15.4 Å². The number of thiocarbonyl (C=S) groups is 1. The maximum absolute atomic E-state index is 11.8. The predicted octanol–water partition coefficient (Wildman–Crippen LogP) is 4.87. The molecule has 132 valence electrons. The van der Waals surface area contributed by atoms with E-state index in [1.807, 2.05) is 6.92 Å². The lowest BCUT2D eigenvalue weighted by Gasteiger charge is -2.18. The second-order valence-corrected chi connectivity index (χ2v) is 6.46. The number of benzene rings is 2. The van der Waals surface area contributed by atoms with Gasteiger partial charge in [-0.05, 0) is 56.8 Å². The Hall–Kier alpha value is -2.11. The smallest absolute Gasteiger partial charge is 0.339 e. The summed E-state index contributed by atoms with van der Waals surface area (Å²) in [7, 11) is 0. The van der Waals surface area contributed by atoms with Crippen molar-refractivity contribution in [2.24, 2.45) is 0 Å². The van der Waals surface area contributed by atoms with E-state index in [0.717, 1.165) is 5.56 Å². The first kappa shape index (κ1) is 19.2. The highest BCUT2D eigenvalue weighted by molar-refractivity contribution is 7.80. The molecule has 1 unspecified atom stereocenters. The molecule has 0 spiro atoms. The number of hydrogen-bond donors (Lipinski definition) is 2. The van der Waals surface area contributed by atoms with Crippen LogP contribution in [0, 0.1) is 6.92 Å². The van der Waals surface area contributed by atoms with Crippen molar-refractivity contribution in [1.82, 2.24) is 5.32 Å². The van der Waals surface area contributed by atoms with E-state index >= 15 is 0 Å². The molecule has 0 aromatic heterocycles. The van der Waals surface area contributed by atoms with Crippen molar-refractivity contribution < 1.29 is 9.53 Å². The van der Waals surface area contributed by atoms with Gasteiger partial charge in [-0.3, -0.25) is 0 Å². The molecule has 25 heavy (non-hydrogen) atoms. The Morgan fingerprint density at radius 1 is 1.24 bits per heavy atom. The van der Waals surface area contributed by atoms with E-state index in [1.165, 1.54) is 5.56 Å². The Bertz CT molecular complexity index is 763. The van der Waals surface area contributed by atoms with Crippen LogP contribution >= 0.6 is 23.8 Å². The number of halogens is 1. The van der Waals surface area contributed by atoms with Gasteiger partial charge in [0.15, 0.2) is 5.11 Å². The van der Waals surface area contributed by atoms with Crippen LogP contribution in [0.1, 0.15) is 41.4 Å². The van der Waals surface area contributed by atoms with Gasteiger partial charge >= 0.3 is 5.97 Å². The van der Waals surface area contributed by atoms with Crippen molar-refractivity contribution >= 4 is 40.6 Å². The van der Waals surface area contributed by atoms with Crippen LogP contribution in [0.3, 0.4) is 0 Å². The molecule has 0 aliphatic heterocycles. The lowest BCUT2D eigenvalue weighted by molar-refractivity contribution is 0.0526. The average Bonchev–Trinajstić information content (AvgIpc) is 2.55. The summed E-state index contributed by atoms with van der Waals surface area (Å²) >= 11 is 11.5. The van der Waals surface area contributed by atoms with Gasteiger partial charge in [-0.25, -0.2) is 4.79 Å². The molecule has 0 saturated heterocycles. The van der Waals surface area contributed by atoms with Gasteiger partial charge in [0.1, 0.15) is 0 Å². The van der Waals surface area contributed by atoms with Crippen LogP contribution in [0.25, 0.3) is 0 Å². The van der Waals surface area contributed by atoms with E-state index in [4.69, 9.17) is 28.6 Å². The minimum atomic E-state index is -0.437. The fraction of sp³-hybridized carbons (Fsp3) is 0.263. The van der Waals surface area contributed by atoms with Crippen LogP contribution in [0.15, 0.2) is 42.5 Å². The summed E-state index contributed by atoms with van der Waals surface area (Å²) in [4.78, 5) is 11.8. The van der Waals surface area contributed by atoms with Crippen LogP contribution in [0.4, 0.5) is 5.69 Å². The minimum absolute atomic E-state index is 0.0647. The third-order valence-corrected chi connectivity index (χ3v) is 4.18. The number of anilines is 1. The van der Waals surface area contributed by atoms with Crippen molar-refractivity contribution in [3.63, 3.8) is 0 Å². The number of carbonyl (C=O) groups excluding carboxylic acids is 1. The number of aryl methyl sites for hydroxylation is 1. The zero-order valence-corrected chi connectivity index (χ0v) is 16.0. The van der Waals surface area contributed by atoms with Gasteiger partial charge in [0, 0.05) is 5.69 Å². The second kappa shape index (κ2) is 8.83. The topological polar surface area (TPSA) is 50.4 Å². The first-order chi connectivity index (χ1) is 11.9.